The molecule has 2 aromatic rings. The molecule has 0 radical (unpaired) electrons. The van der Waals surface area contributed by atoms with E-state index in [9.17, 15) is 4.79 Å². The fourth-order valence-electron chi connectivity index (χ4n) is 2.85. The Balaban J connectivity index is 0.00000192. The van der Waals surface area contributed by atoms with Gasteiger partial charge < -0.3 is 15.8 Å². The molecule has 23 heavy (non-hydrogen) atoms. The maximum Gasteiger partial charge on any atom is 0.240 e. The van der Waals surface area contributed by atoms with Crippen LogP contribution in [0.2, 0.25) is 0 Å². The normalized spacial score (nSPS) is 16.6. The van der Waals surface area contributed by atoms with Gasteiger partial charge in [-0.05, 0) is 35.6 Å². The number of halogens is 1. The van der Waals surface area contributed by atoms with E-state index < -0.39 is 5.54 Å². The number of fused-ring (bicyclic) bond motifs is 1. The van der Waals surface area contributed by atoms with Gasteiger partial charge in [0, 0.05) is 19.8 Å². The molecule has 0 atom stereocenters. The van der Waals surface area contributed by atoms with Gasteiger partial charge in [0.1, 0.15) is 0 Å². The second-order valence-corrected chi connectivity index (χ2v) is 5.96. The van der Waals surface area contributed by atoms with Gasteiger partial charge >= 0.3 is 0 Å². The number of hydrogen-bond donors (Lipinski definition) is 2. The summed E-state index contributed by atoms with van der Waals surface area (Å²) in [6, 6.07) is 14.7. The van der Waals surface area contributed by atoms with Gasteiger partial charge in [-0.25, -0.2) is 0 Å². The minimum atomic E-state index is -0.762. The largest absolute Gasteiger partial charge is 0.381 e. The van der Waals surface area contributed by atoms with Crippen LogP contribution >= 0.6 is 12.4 Å². The molecule has 1 amide bonds. The summed E-state index contributed by atoms with van der Waals surface area (Å²) in [7, 11) is 0. The molecule has 1 aliphatic rings. The van der Waals surface area contributed by atoms with Crippen LogP contribution in [0, 0.1) is 0 Å². The Labute approximate surface area is 142 Å². The van der Waals surface area contributed by atoms with Crippen molar-refractivity contribution in [1.82, 2.24) is 5.32 Å². The van der Waals surface area contributed by atoms with Gasteiger partial charge in [0.25, 0.3) is 0 Å². The van der Waals surface area contributed by atoms with Crippen LogP contribution in [0.15, 0.2) is 42.5 Å². The molecule has 3 rings (SSSR count). The zero-order valence-corrected chi connectivity index (χ0v) is 13.9. The van der Waals surface area contributed by atoms with E-state index >= 15 is 0 Å². The molecular formula is C18H23ClN2O2. The quantitative estimate of drug-likeness (QED) is 0.902. The molecule has 5 heteroatoms. The first-order valence-corrected chi connectivity index (χ1v) is 7.80. The van der Waals surface area contributed by atoms with Crippen molar-refractivity contribution in [2.24, 2.45) is 5.73 Å². The molecule has 0 bridgehead atoms. The number of carbonyl (C=O) groups is 1. The summed E-state index contributed by atoms with van der Waals surface area (Å²) in [5.41, 5.74) is 6.62. The number of hydrogen-bond acceptors (Lipinski definition) is 3. The highest BCUT2D eigenvalue weighted by molar-refractivity contribution is 5.86. The Bertz CT molecular complexity index is 669. The van der Waals surface area contributed by atoms with Gasteiger partial charge in [0.15, 0.2) is 0 Å². The number of nitrogens with two attached hydrogens (primary N) is 1. The van der Waals surface area contributed by atoms with E-state index in [0.29, 0.717) is 32.6 Å². The minimum absolute atomic E-state index is 0. The summed E-state index contributed by atoms with van der Waals surface area (Å²) >= 11 is 0. The predicted molar refractivity (Wildman–Crippen MR) is 94.9 cm³/mol. The van der Waals surface area contributed by atoms with Gasteiger partial charge in [0.05, 0.1) is 5.54 Å². The van der Waals surface area contributed by atoms with E-state index in [2.05, 4.69) is 35.6 Å². The highest BCUT2D eigenvalue weighted by Gasteiger charge is 2.35. The zero-order chi connectivity index (χ0) is 15.4. The third-order valence-electron chi connectivity index (χ3n) is 4.35. The van der Waals surface area contributed by atoms with Gasteiger partial charge in [-0.3, -0.25) is 4.79 Å². The molecule has 4 nitrogen and oxygen atoms in total. The lowest BCUT2D eigenvalue weighted by Crippen LogP contribution is -2.57. The van der Waals surface area contributed by atoms with Crippen molar-refractivity contribution in [3.8, 4) is 0 Å². The van der Waals surface area contributed by atoms with Gasteiger partial charge in [-0.2, -0.15) is 0 Å². The third kappa shape index (κ3) is 4.22. The molecule has 0 aromatic heterocycles. The summed E-state index contributed by atoms with van der Waals surface area (Å²) in [6.07, 6.45) is 1.99. The van der Waals surface area contributed by atoms with Crippen molar-refractivity contribution < 1.29 is 9.53 Å². The lowest BCUT2D eigenvalue weighted by Gasteiger charge is -2.31. The van der Waals surface area contributed by atoms with Crippen LogP contribution in [-0.2, 0) is 16.0 Å². The van der Waals surface area contributed by atoms with Crippen LogP contribution in [-0.4, -0.2) is 31.2 Å². The van der Waals surface area contributed by atoms with Crippen molar-refractivity contribution in [3.05, 3.63) is 48.0 Å². The zero-order valence-electron chi connectivity index (χ0n) is 13.1. The average molecular weight is 335 g/mol. The lowest BCUT2D eigenvalue weighted by molar-refractivity contribution is -0.129. The first kappa shape index (κ1) is 17.7. The Morgan fingerprint density at radius 2 is 1.83 bits per heavy atom. The molecule has 0 unspecified atom stereocenters. The Kier molecular flexibility index (Phi) is 5.99. The van der Waals surface area contributed by atoms with Gasteiger partial charge in [-0.1, -0.05) is 42.5 Å². The predicted octanol–water partition coefficient (Wildman–Crippen LogP) is 2.43. The molecule has 1 aliphatic heterocycles. The number of benzene rings is 2. The summed E-state index contributed by atoms with van der Waals surface area (Å²) in [6.45, 7) is 1.74. The smallest absolute Gasteiger partial charge is 0.240 e. The number of carbonyl (C=O) groups excluding carboxylic acids is 1. The van der Waals surface area contributed by atoms with E-state index in [0.717, 1.165) is 6.42 Å². The molecule has 1 fully saturated rings. The first-order chi connectivity index (χ1) is 10.7. The number of amides is 1. The summed E-state index contributed by atoms with van der Waals surface area (Å²) in [4.78, 5) is 12.2. The highest BCUT2D eigenvalue weighted by atomic mass is 35.5. The number of ether oxygens (including phenoxy) is 1. The Morgan fingerprint density at radius 1 is 1.13 bits per heavy atom. The molecule has 1 heterocycles. The van der Waals surface area contributed by atoms with Crippen LogP contribution in [0.1, 0.15) is 18.4 Å². The molecule has 0 saturated carbocycles. The Hall–Kier alpha value is -1.62. The van der Waals surface area contributed by atoms with E-state index in [1.54, 1.807) is 0 Å². The molecule has 124 valence electrons. The maximum atomic E-state index is 12.2. The van der Waals surface area contributed by atoms with Crippen LogP contribution in [0.25, 0.3) is 10.8 Å². The van der Waals surface area contributed by atoms with Crippen molar-refractivity contribution in [2.45, 2.75) is 24.8 Å². The standard InChI is InChI=1S/C18H22N2O2.ClH/c19-18(8-11-22-12-9-18)17(21)20-10-7-14-5-6-15-3-1-2-4-16(15)13-14;/h1-6,13H,7-12,19H2,(H,20,21);1H. The van der Waals surface area contributed by atoms with Crippen molar-refractivity contribution in [3.63, 3.8) is 0 Å². The SMILES string of the molecule is Cl.NC1(C(=O)NCCc2ccc3ccccc3c2)CCOCC1. The molecule has 0 spiro atoms. The van der Waals surface area contributed by atoms with Crippen molar-refractivity contribution >= 4 is 29.1 Å². The maximum absolute atomic E-state index is 12.2. The summed E-state index contributed by atoms with van der Waals surface area (Å²) in [5, 5.41) is 5.43. The molecule has 0 aliphatic carbocycles. The average Bonchev–Trinajstić information content (AvgIpc) is 2.55. The van der Waals surface area contributed by atoms with Gasteiger partial charge in [-0.15, -0.1) is 12.4 Å². The van der Waals surface area contributed by atoms with E-state index in [-0.39, 0.29) is 18.3 Å². The Morgan fingerprint density at radius 3 is 2.57 bits per heavy atom. The van der Waals surface area contributed by atoms with Crippen LogP contribution in [0.4, 0.5) is 0 Å². The summed E-state index contributed by atoms with van der Waals surface area (Å²) < 4.78 is 5.27. The fourth-order valence-corrected chi connectivity index (χ4v) is 2.85. The van der Waals surface area contributed by atoms with E-state index in [4.69, 9.17) is 10.5 Å². The fraction of sp³-hybridized carbons (Fsp3) is 0.389. The molecule has 1 saturated heterocycles. The number of rotatable bonds is 4. The van der Waals surface area contributed by atoms with Crippen LogP contribution in [0.5, 0.6) is 0 Å². The minimum Gasteiger partial charge on any atom is -0.381 e. The van der Waals surface area contributed by atoms with Gasteiger partial charge in [0.2, 0.25) is 5.91 Å². The topological polar surface area (TPSA) is 64.4 Å². The third-order valence-corrected chi connectivity index (χ3v) is 4.35. The molecule has 2 aromatic carbocycles. The molecular weight excluding hydrogens is 312 g/mol. The van der Waals surface area contributed by atoms with E-state index in [1.807, 2.05) is 12.1 Å². The lowest BCUT2D eigenvalue weighted by atomic mass is 9.90. The molecule has 3 N–H and O–H groups in total. The van der Waals surface area contributed by atoms with Crippen molar-refractivity contribution in [1.29, 1.82) is 0 Å². The first-order valence-electron chi connectivity index (χ1n) is 7.80. The van der Waals surface area contributed by atoms with Crippen LogP contribution < -0.4 is 11.1 Å². The number of nitrogens with one attached hydrogen (secondary N) is 1. The summed E-state index contributed by atoms with van der Waals surface area (Å²) in [5.74, 6) is -0.0587. The second-order valence-electron chi connectivity index (χ2n) is 5.96. The monoisotopic (exact) mass is 334 g/mol. The van der Waals surface area contributed by atoms with E-state index in [1.165, 1.54) is 16.3 Å². The van der Waals surface area contributed by atoms with Crippen LogP contribution in [0.3, 0.4) is 0 Å². The highest BCUT2D eigenvalue weighted by Crippen LogP contribution is 2.18. The van der Waals surface area contributed by atoms with Crippen molar-refractivity contribution in [2.75, 3.05) is 19.8 Å². The second kappa shape index (κ2) is 7.77.